The minimum absolute atomic E-state index is 0.0468. The second kappa shape index (κ2) is 6.26. The van der Waals surface area contributed by atoms with Crippen LogP contribution in [0, 0.1) is 18.8 Å². The fourth-order valence-electron chi connectivity index (χ4n) is 4.25. The fraction of sp³-hybridized carbons (Fsp3) is 0.333. The van der Waals surface area contributed by atoms with Crippen molar-refractivity contribution < 1.29 is 9.59 Å². The van der Waals surface area contributed by atoms with Gasteiger partial charge in [0.2, 0.25) is 0 Å². The number of ketones is 2. The monoisotopic (exact) mass is 372 g/mol. The maximum atomic E-state index is 12.8. The van der Waals surface area contributed by atoms with Crippen LogP contribution in [-0.4, -0.2) is 11.6 Å². The molecule has 2 aromatic rings. The summed E-state index contributed by atoms with van der Waals surface area (Å²) in [7, 11) is 0. The molecule has 2 nitrogen and oxygen atoms in total. The fourth-order valence-corrected chi connectivity index (χ4v) is 4.65. The molecule has 2 aliphatic rings. The molecule has 2 saturated carbocycles. The molecule has 4 heteroatoms. The van der Waals surface area contributed by atoms with Gasteiger partial charge in [-0.15, -0.1) is 0 Å². The van der Waals surface area contributed by atoms with E-state index in [1.807, 2.05) is 31.2 Å². The molecule has 0 aliphatic heterocycles. The number of fused-ring (bicyclic) bond motifs is 2. The molecule has 0 N–H and O–H groups in total. The van der Waals surface area contributed by atoms with E-state index in [4.69, 9.17) is 23.2 Å². The zero-order valence-electron chi connectivity index (χ0n) is 13.9. The summed E-state index contributed by atoms with van der Waals surface area (Å²) in [6.07, 6.45) is 2.45. The summed E-state index contributed by atoms with van der Waals surface area (Å²) < 4.78 is 0. The van der Waals surface area contributed by atoms with Crippen LogP contribution in [0.1, 0.15) is 36.3 Å². The summed E-state index contributed by atoms with van der Waals surface area (Å²) in [5.74, 6) is -0.340. The zero-order chi connectivity index (χ0) is 17.7. The van der Waals surface area contributed by atoms with Gasteiger partial charge >= 0.3 is 0 Å². The molecule has 0 spiro atoms. The molecule has 0 aromatic heterocycles. The predicted molar refractivity (Wildman–Crippen MR) is 100 cm³/mol. The summed E-state index contributed by atoms with van der Waals surface area (Å²) in [5.41, 5.74) is 3.48. The van der Waals surface area contributed by atoms with Crippen LogP contribution in [0.3, 0.4) is 0 Å². The highest BCUT2D eigenvalue weighted by Crippen LogP contribution is 2.45. The summed E-state index contributed by atoms with van der Waals surface area (Å²) in [4.78, 5) is 25.7. The van der Waals surface area contributed by atoms with Gasteiger partial charge in [0, 0.05) is 27.4 Å². The van der Waals surface area contributed by atoms with Crippen molar-refractivity contribution in [2.45, 2.75) is 32.1 Å². The van der Waals surface area contributed by atoms with E-state index < -0.39 is 5.92 Å². The first-order valence-corrected chi connectivity index (χ1v) is 9.34. The van der Waals surface area contributed by atoms with E-state index in [0.29, 0.717) is 10.0 Å². The molecular weight excluding hydrogens is 355 g/mol. The van der Waals surface area contributed by atoms with Crippen LogP contribution < -0.4 is 0 Å². The first kappa shape index (κ1) is 16.8. The Morgan fingerprint density at radius 2 is 1.60 bits per heavy atom. The summed E-state index contributed by atoms with van der Waals surface area (Å²) in [6.45, 7) is 1.95. The van der Waals surface area contributed by atoms with Gasteiger partial charge in [-0.2, -0.15) is 0 Å². The van der Waals surface area contributed by atoms with Crippen LogP contribution in [0.4, 0.5) is 0 Å². The number of carbonyl (C=O) groups is 2. The lowest BCUT2D eigenvalue weighted by Gasteiger charge is -2.27. The van der Waals surface area contributed by atoms with E-state index in [-0.39, 0.29) is 23.4 Å². The summed E-state index contributed by atoms with van der Waals surface area (Å²) >= 11 is 12.4. The van der Waals surface area contributed by atoms with Crippen molar-refractivity contribution in [1.29, 1.82) is 0 Å². The second-order valence-electron chi connectivity index (χ2n) is 7.14. The van der Waals surface area contributed by atoms with Crippen molar-refractivity contribution in [3.05, 3.63) is 57.6 Å². The number of benzene rings is 2. The molecule has 2 bridgehead atoms. The predicted octanol–water partition coefficient (Wildman–Crippen LogP) is 5.62. The Hall–Kier alpha value is -1.64. The average Bonchev–Trinajstić information content (AvgIpc) is 3.04. The molecule has 2 fully saturated rings. The van der Waals surface area contributed by atoms with E-state index in [1.54, 1.807) is 12.1 Å². The molecule has 2 aromatic carbocycles. The molecule has 2 aliphatic carbocycles. The normalized spacial score (nSPS) is 25.5. The van der Waals surface area contributed by atoms with E-state index in [9.17, 15) is 9.59 Å². The molecule has 3 atom stereocenters. The van der Waals surface area contributed by atoms with Crippen LogP contribution in [0.5, 0.6) is 0 Å². The Labute approximate surface area is 157 Å². The molecule has 128 valence electrons. The Balaban J connectivity index is 1.82. The molecule has 1 unspecified atom stereocenters. The molecule has 4 rings (SSSR count). The van der Waals surface area contributed by atoms with Crippen molar-refractivity contribution in [3.63, 3.8) is 0 Å². The van der Waals surface area contributed by atoms with Crippen molar-refractivity contribution in [1.82, 2.24) is 0 Å². The largest absolute Gasteiger partial charge is 0.298 e. The van der Waals surface area contributed by atoms with Gasteiger partial charge in [0.05, 0.1) is 0 Å². The number of hydrogen-bond donors (Lipinski definition) is 0. The second-order valence-corrected chi connectivity index (χ2v) is 7.98. The Bertz CT molecular complexity index is 865. The highest BCUT2D eigenvalue weighted by molar-refractivity contribution is 6.35. The number of hydrogen-bond acceptors (Lipinski definition) is 2. The number of Topliss-reactive ketones (excluding diaryl/α,β-unsaturated/α-hetero) is 2. The minimum Gasteiger partial charge on any atom is -0.298 e. The Morgan fingerprint density at radius 1 is 0.920 bits per heavy atom. The van der Waals surface area contributed by atoms with Crippen molar-refractivity contribution in [3.8, 4) is 11.1 Å². The van der Waals surface area contributed by atoms with Crippen LogP contribution >= 0.6 is 23.2 Å². The van der Waals surface area contributed by atoms with Crippen LogP contribution in [0.25, 0.3) is 11.1 Å². The lowest BCUT2D eigenvalue weighted by atomic mass is 9.74. The van der Waals surface area contributed by atoms with Gasteiger partial charge in [-0.05, 0) is 67.1 Å². The van der Waals surface area contributed by atoms with Crippen LogP contribution in [0.2, 0.25) is 10.0 Å². The van der Waals surface area contributed by atoms with Crippen LogP contribution in [-0.2, 0) is 9.59 Å². The van der Waals surface area contributed by atoms with Gasteiger partial charge in [-0.25, -0.2) is 0 Å². The maximum Gasteiger partial charge on any atom is 0.150 e. The number of rotatable bonds is 2. The van der Waals surface area contributed by atoms with Gasteiger partial charge in [-0.3, -0.25) is 9.59 Å². The molecule has 25 heavy (non-hydrogen) atoms. The topological polar surface area (TPSA) is 34.1 Å². The van der Waals surface area contributed by atoms with E-state index in [2.05, 4.69) is 0 Å². The van der Waals surface area contributed by atoms with Crippen molar-refractivity contribution in [2.75, 3.05) is 0 Å². The Kier molecular flexibility index (Phi) is 4.21. The number of halogens is 2. The maximum absolute atomic E-state index is 12.8. The first-order chi connectivity index (χ1) is 12.0. The third-order valence-electron chi connectivity index (χ3n) is 5.64. The van der Waals surface area contributed by atoms with Crippen LogP contribution in [0.15, 0.2) is 36.4 Å². The first-order valence-electron chi connectivity index (χ1n) is 8.59. The van der Waals surface area contributed by atoms with E-state index in [0.717, 1.165) is 41.5 Å². The highest BCUT2D eigenvalue weighted by Gasteiger charge is 2.47. The lowest BCUT2D eigenvalue weighted by molar-refractivity contribution is -0.135. The quantitative estimate of drug-likeness (QED) is 0.640. The number of carbonyl (C=O) groups excluding carboxylic acids is 2. The third kappa shape index (κ3) is 2.82. The van der Waals surface area contributed by atoms with Gasteiger partial charge in [-0.1, -0.05) is 35.3 Å². The summed E-state index contributed by atoms with van der Waals surface area (Å²) in [6, 6.07) is 11.2. The van der Waals surface area contributed by atoms with E-state index >= 15 is 0 Å². The van der Waals surface area contributed by atoms with Gasteiger partial charge in [0.15, 0.2) is 11.6 Å². The third-order valence-corrected chi connectivity index (χ3v) is 6.20. The van der Waals surface area contributed by atoms with Gasteiger partial charge < -0.3 is 0 Å². The lowest BCUT2D eigenvalue weighted by Crippen LogP contribution is -2.35. The van der Waals surface area contributed by atoms with Crippen molar-refractivity contribution in [2.24, 2.45) is 11.8 Å². The molecule has 0 radical (unpaired) electrons. The summed E-state index contributed by atoms with van der Waals surface area (Å²) in [5, 5.41) is 1.20. The van der Waals surface area contributed by atoms with Gasteiger partial charge in [0.25, 0.3) is 0 Å². The molecular formula is C21H18Cl2O2. The Morgan fingerprint density at radius 3 is 2.28 bits per heavy atom. The molecule has 0 amide bonds. The highest BCUT2D eigenvalue weighted by atomic mass is 35.5. The molecule has 0 saturated heterocycles. The SMILES string of the molecule is Cc1ccc(-c2cc(Cl)ccc2Cl)cc1C1C(=O)[C@@H]2CC[C@@H](C2)C1=O. The minimum atomic E-state index is -0.621. The van der Waals surface area contributed by atoms with Crippen molar-refractivity contribution >= 4 is 34.8 Å². The zero-order valence-corrected chi connectivity index (χ0v) is 15.4. The molecule has 0 heterocycles. The average molecular weight is 373 g/mol. The standard InChI is InChI=1S/C21H18Cl2O2/c1-11-2-3-12(17-10-15(22)6-7-18(17)23)9-16(11)19-20(24)13-4-5-14(8-13)21(19)25/h2-3,6-7,9-10,13-14,19H,4-5,8H2,1H3/t13-,14+,19?. The van der Waals surface area contributed by atoms with E-state index in [1.165, 1.54) is 0 Å². The van der Waals surface area contributed by atoms with Gasteiger partial charge in [0.1, 0.15) is 5.92 Å². The smallest absolute Gasteiger partial charge is 0.150 e. The number of aryl methyl sites for hydroxylation is 1.